The van der Waals surface area contributed by atoms with Crippen molar-refractivity contribution in [1.29, 1.82) is 0 Å². The van der Waals surface area contributed by atoms with E-state index in [1.54, 1.807) is 0 Å². The minimum Gasteiger partial charge on any atom is -0.328 e. The van der Waals surface area contributed by atoms with Crippen LogP contribution in [0.2, 0.25) is 0 Å². The molecule has 2 heteroatoms. The zero-order chi connectivity index (χ0) is 9.97. The number of pyridine rings is 1. The maximum atomic E-state index is 6.00. The van der Waals surface area contributed by atoms with Crippen molar-refractivity contribution in [2.45, 2.75) is 38.1 Å². The summed E-state index contributed by atoms with van der Waals surface area (Å²) >= 11 is 0. The Balaban J connectivity index is 2.16. The molecular weight excluding hydrogens is 172 g/mol. The van der Waals surface area contributed by atoms with Gasteiger partial charge in [-0.05, 0) is 42.7 Å². The van der Waals surface area contributed by atoms with Gasteiger partial charge < -0.3 is 5.73 Å². The zero-order valence-electron chi connectivity index (χ0n) is 8.69. The summed E-state index contributed by atoms with van der Waals surface area (Å²) in [7, 11) is 0. The second kappa shape index (κ2) is 4.09. The number of rotatable bonds is 1. The van der Waals surface area contributed by atoms with Crippen LogP contribution in [-0.2, 0) is 0 Å². The number of hydrogen-bond donors (Lipinski definition) is 1. The largest absolute Gasteiger partial charge is 0.328 e. The van der Waals surface area contributed by atoms with Gasteiger partial charge in [0.1, 0.15) is 0 Å². The predicted molar refractivity (Wildman–Crippen MR) is 58.0 cm³/mol. The second-order valence-corrected chi connectivity index (χ2v) is 4.44. The van der Waals surface area contributed by atoms with Gasteiger partial charge in [0.2, 0.25) is 0 Å². The summed E-state index contributed by atoms with van der Waals surface area (Å²) in [6.45, 7) is 2.32. The SMILES string of the molecule is CC1CCC(N)CC1c1cccnc1. The van der Waals surface area contributed by atoms with Crippen LogP contribution >= 0.6 is 0 Å². The quantitative estimate of drug-likeness (QED) is 0.738. The van der Waals surface area contributed by atoms with Crippen LogP contribution in [0.25, 0.3) is 0 Å². The Morgan fingerprint density at radius 1 is 1.43 bits per heavy atom. The molecule has 1 aromatic heterocycles. The van der Waals surface area contributed by atoms with Crippen molar-refractivity contribution in [3.05, 3.63) is 30.1 Å². The van der Waals surface area contributed by atoms with Crippen molar-refractivity contribution in [3.63, 3.8) is 0 Å². The van der Waals surface area contributed by atoms with Gasteiger partial charge in [-0.3, -0.25) is 4.98 Å². The molecule has 1 heterocycles. The molecule has 1 fully saturated rings. The Morgan fingerprint density at radius 2 is 2.29 bits per heavy atom. The van der Waals surface area contributed by atoms with Crippen molar-refractivity contribution < 1.29 is 0 Å². The van der Waals surface area contributed by atoms with Gasteiger partial charge in [-0.15, -0.1) is 0 Å². The fourth-order valence-corrected chi connectivity index (χ4v) is 2.41. The Labute approximate surface area is 85.5 Å². The normalized spacial score (nSPS) is 32.9. The average Bonchev–Trinajstić information content (AvgIpc) is 2.23. The number of hydrogen-bond acceptors (Lipinski definition) is 2. The fourth-order valence-electron chi connectivity index (χ4n) is 2.41. The number of nitrogens with two attached hydrogens (primary N) is 1. The van der Waals surface area contributed by atoms with Gasteiger partial charge in [-0.25, -0.2) is 0 Å². The molecule has 0 aromatic carbocycles. The minimum atomic E-state index is 0.386. The molecule has 0 radical (unpaired) electrons. The van der Waals surface area contributed by atoms with E-state index in [2.05, 4.69) is 18.0 Å². The average molecular weight is 190 g/mol. The van der Waals surface area contributed by atoms with Crippen LogP contribution in [0.3, 0.4) is 0 Å². The van der Waals surface area contributed by atoms with Crippen LogP contribution in [0.15, 0.2) is 24.5 Å². The molecule has 14 heavy (non-hydrogen) atoms. The highest BCUT2D eigenvalue weighted by molar-refractivity contribution is 5.16. The maximum Gasteiger partial charge on any atom is 0.0302 e. The summed E-state index contributed by atoms with van der Waals surface area (Å²) < 4.78 is 0. The van der Waals surface area contributed by atoms with Crippen LogP contribution in [0.1, 0.15) is 37.7 Å². The first-order chi connectivity index (χ1) is 6.77. The van der Waals surface area contributed by atoms with Gasteiger partial charge in [0.05, 0.1) is 0 Å². The highest BCUT2D eigenvalue weighted by Gasteiger charge is 2.26. The molecule has 0 saturated heterocycles. The van der Waals surface area contributed by atoms with Crippen molar-refractivity contribution in [1.82, 2.24) is 4.98 Å². The first kappa shape index (κ1) is 9.66. The lowest BCUT2D eigenvalue weighted by atomic mass is 9.75. The van der Waals surface area contributed by atoms with Crippen LogP contribution in [-0.4, -0.2) is 11.0 Å². The van der Waals surface area contributed by atoms with E-state index in [0.717, 1.165) is 12.3 Å². The summed E-state index contributed by atoms with van der Waals surface area (Å²) in [5.41, 5.74) is 7.36. The summed E-state index contributed by atoms with van der Waals surface area (Å²) in [5, 5.41) is 0. The molecule has 3 atom stereocenters. The lowest BCUT2D eigenvalue weighted by Crippen LogP contribution is -2.31. The molecule has 3 unspecified atom stereocenters. The van der Waals surface area contributed by atoms with Gasteiger partial charge in [0.25, 0.3) is 0 Å². The first-order valence-electron chi connectivity index (χ1n) is 5.43. The van der Waals surface area contributed by atoms with E-state index in [4.69, 9.17) is 5.73 Å². The van der Waals surface area contributed by atoms with Crippen molar-refractivity contribution >= 4 is 0 Å². The van der Waals surface area contributed by atoms with Crippen LogP contribution in [0, 0.1) is 5.92 Å². The van der Waals surface area contributed by atoms with Crippen molar-refractivity contribution in [2.75, 3.05) is 0 Å². The van der Waals surface area contributed by atoms with E-state index in [0.29, 0.717) is 12.0 Å². The van der Waals surface area contributed by atoms with Crippen molar-refractivity contribution in [2.24, 2.45) is 11.7 Å². The smallest absolute Gasteiger partial charge is 0.0302 e. The van der Waals surface area contributed by atoms with Crippen molar-refractivity contribution in [3.8, 4) is 0 Å². The molecule has 0 spiro atoms. The number of nitrogens with zero attached hydrogens (tertiary/aromatic N) is 1. The van der Waals surface area contributed by atoms with Gasteiger partial charge in [-0.2, -0.15) is 0 Å². The van der Waals surface area contributed by atoms with Crippen LogP contribution in [0.4, 0.5) is 0 Å². The topological polar surface area (TPSA) is 38.9 Å². The molecule has 1 saturated carbocycles. The van der Waals surface area contributed by atoms with E-state index >= 15 is 0 Å². The Hall–Kier alpha value is -0.890. The molecule has 1 aromatic rings. The summed E-state index contributed by atoms with van der Waals surface area (Å²) in [5.74, 6) is 1.37. The Bertz CT molecular complexity index is 284. The maximum absolute atomic E-state index is 6.00. The lowest BCUT2D eigenvalue weighted by Gasteiger charge is -2.32. The van der Waals surface area contributed by atoms with E-state index in [-0.39, 0.29) is 0 Å². The minimum absolute atomic E-state index is 0.386. The van der Waals surface area contributed by atoms with Crippen LogP contribution in [0.5, 0.6) is 0 Å². The molecule has 1 aliphatic rings. The van der Waals surface area contributed by atoms with Gasteiger partial charge in [-0.1, -0.05) is 13.0 Å². The summed E-state index contributed by atoms with van der Waals surface area (Å²) in [4.78, 5) is 4.18. The zero-order valence-corrected chi connectivity index (χ0v) is 8.69. The monoisotopic (exact) mass is 190 g/mol. The highest BCUT2D eigenvalue weighted by atomic mass is 14.7. The molecule has 2 nitrogen and oxygen atoms in total. The predicted octanol–water partition coefficient (Wildman–Crippen LogP) is 2.31. The molecular formula is C12H18N2. The number of aromatic nitrogens is 1. The summed E-state index contributed by atoms with van der Waals surface area (Å²) in [6, 6.07) is 4.57. The standard InChI is InChI=1S/C12H18N2/c1-9-4-5-11(13)7-12(9)10-3-2-6-14-8-10/h2-3,6,8-9,11-12H,4-5,7,13H2,1H3. The second-order valence-electron chi connectivity index (χ2n) is 4.44. The molecule has 0 aliphatic heterocycles. The van der Waals surface area contributed by atoms with E-state index in [1.807, 2.05) is 18.5 Å². The molecule has 0 bridgehead atoms. The Kier molecular flexibility index (Phi) is 2.82. The molecule has 76 valence electrons. The molecule has 2 rings (SSSR count). The third-order valence-corrected chi connectivity index (χ3v) is 3.35. The van der Waals surface area contributed by atoms with Gasteiger partial charge >= 0.3 is 0 Å². The summed E-state index contributed by atoms with van der Waals surface area (Å²) in [6.07, 6.45) is 7.36. The highest BCUT2D eigenvalue weighted by Crippen LogP contribution is 2.36. The fraction of sp³-hybridized carbons (Fsp3) is 0.583. The first-order valence-corrected chi connectivity index (χ1v) is 5.43. The lowest BCUT2D eigenvalue weighted by molar-refractivity contribution is 0.299. The molecule has 1 aliphatic carbocycles. The van der Waals surface area contributed by atoms with Crippen LogP contribution < -0.4 is 5.73 Å². The van der Waals surface area contributed by atoms with Gasteiger partial charge in [0, 0.05) is 18.4 Å². The third-order valence-electron chi connectivity index (χ3n) is 3.35. The van der Waals surface area contributed by atoms with E-state index in [1.165, 1.54) is 18.4 Å². The van der Waals surface area contributed by atoms with Gasteiger partial charge in [0.15, 0.2) is 0 Å². The Morgan fingerprint density at radius 3 is 3.00 bits per heavy atom. The third kappa shape index (κ3) is 1.95. The van der Waals surface area contributed by atoms with E-state index < -0.39 is 0 Å². The molecule has 0 amide bonds. The molecule has 2 N–H and O–H groups in total. The van der Waals surface area contributed by atoms with E-state index in [9.17, 15) is 0 Å².